The first-order valence-corrected chi connectivity index (χ1v) is 6.98. The number of carbonyl (C=O) groups excluding carboxylic acids is 1. The molecule has 1 N–H and O–H groups in total. The molecular weight excluding hydrogens is 289 g/mol. The third-order valence-electron chi connectivity index (χ3n) is 4.46. The summed E-state index contributed by atoms with van der Waals surface area (Å²) in [5, 5.41) is 9.04. The van der Waals surface area contributed by atoms with Crippen molar-refractivity contribution in [2.45, 2.75) is 44.9 Å². The minimum atomic E-state index is -4.22. The van der Waals surface area contributed by atoms with Gasteiger partial charge in [0, 0.05) is 31.1 Å². The molecule has 0 unspecified atom stereocenters. The average Bonchev–Trinajstić information content (AvgIpc) is 2.27. The maximum Gasteiger partial charge on any atom is 0.407 e. The van der Waals surface area contributed by atoms with E-state index in [2.05, 4.69) is 0 Å². The van der Waals surface area contributed by atoms with E-state index in [0.29, 0.717) is 0 Å². The van der Waals surface area contributed by atoms with Crippen molar-refractivity contribution < 1.29 is 27.9 Å². The molecule has 2 fully saturated rings. The third-order valence-corrected chi connectivity index (χ3v) is 4.46. The summed E-state index contributed by atoms with van der Waals surface area (Å²) in [6.07, 6.45) is -5.56. The summed E-state index contributed by atoms with van der Waals surface area (Å²) in [4.78, 5) is 26.1. The van der Waals surface area contributed by atoms with Crippen LogP contribution in [0.15, 0.2) is 0 Å². The minimum absolute atomic E-state index is 0.150. The highest BCUT2D eigenvalue weighted by atomic mass is 19.4. The lowest BCUT2D eigenvalue weighted by Gasteiger charge is -2.46. The highest BCUT2D eigenvalue weighted by Crippen LogP contribution is 2.45. The lowest BCUT2D eigenvalue weighted by molar-refractivity contribution is -0.207. The van der Waals surface area contributed by atoms with E-state index >= 15 is 0 Å². The van der Waals surface area contributed by atoms with Gasteiger partial charge >= 0.3 is 12.3 Å². The van der Waals surface area contributed by atoms with Gasteiger partial charge in [-0.25, -0.2) is 4.79 Å². The second-order valence-corrected chi connectivity index (χ2v) is 6.03. The Labute approximate surface area is 120 Å². The molecule has 120 valence electrons. The Morgan fingerprint density at radius 1 is 1.05 bits per heavy atom. The third kappa shape index (κ3) is 3.08. The van der Waals surface area contributed by atoms with E-state index in [1.54, 1.807) is 13.8 Å². The standard InChI is InChI=1S/C13H19F3N2O3/c1-7-6-18(12(20)21)8(2)5-17(7)11(19)9-3-10(4-9)13(14,15)16/h7-10H,3-6H2,1-2H3,(H,20,21)/t7-,8+,9-,10-/m1/s1. The van der Waals surface area contributed by atoms with Crippen LogP contribution in [0.4, 0.5) is 18.0 Å². The van der Waals surface area contributed by atoms with Crippen LogP contribution in [0.25, 0.3) is 0 Å². The summed E-state index contributed by atoms with van der Waals surface area (Å²) in [5.74, 6) is -2.23. The highest BCUT2D eigenvalue weighted by molar-refractivity contribution is 5.80. The quantitative estimate of drug-likeness (QED) is 0.807. The van der Waals surface area contributed by atoms with Crippen molar-refractivity contribution in [2.24, 2.45) is 11.8 Å². The van der Waals surface area contributed by atoms with Crippen LogP contribution in [0, 0.1) is 11.8 Å². The van der Waals surface area contributed by atoms with Crippen molar-refractivity contribution in [1.82, 2.24) is 9.80 Å². The van der Waals surface area contributed by atoms with E-state index in [1.165, 1.54) is 9.80 Å². The number of alkyl halides is 3. The molecule has 0 radical (unpaired) electrons. The molecule has 1 saturated heterocycles. The SMILES string of the molecule is C[C@@H]1CN(C(=O)O)[C@@H](C)CN1C(=O)[C@H]1C[C@H](C(F)(F)F)C1. The van der Waals surface area contributed by atoms with Crippen molar-refractivity contribution in [1.29, 1.82) is 0 Å². The van der Waals surface area contributed by atoms with Gasteiger partial charge in [-0.15, -0.1) is 0 Å². The molecule has 0 aromatic heterocycles. The Bertz CT molecular complexity index is 435. The predicted molar refractivity (Wildman–Crippen MR) is 67.6 cm³/mol. The second kappa shape index (κ2) is 5.38. The van der Waals surface area contributed by atoms with Crippen LogP contribution in [0.5, 0.6) is 0 Å². The molecule has 1 aliphatic heterocycles. The van der Waals surface area contributed by atoms with E-state index in [4.69, 9.17) is 5.11 Å². The Balaban J connectivity index is 1.94. The predicted octanol–water partition coefficient (Wildman–Crippen LogP) is 2.17. The van der Waals surface area contributed by atoms with Crippen LogP contribution in [-0.4, -0.2) is 58.3 Å². The summed E-state index contributed by atoms with van der Waals surface area (Å²) in [5.41, 5.74) is 0. The highest BCUT2D eigenvalue weighted by Gasteiger charge is 2.51. The Morgan fingerprint density at radius 3 is 2.00 bits per heavy atom. The first kappa shape index (κ1) is 15.9. The number of nitrogens with zero attached hydrogens (tertiary/aromatic N) is 2. The lowest BCUT2D eigenvalue weighted by Crippen LogP contribution is -2.61. The van der Waals surface area contributed by atoms with Crippen molar-refractivity contribution in [2.75, 3.05) is 13.1 Å². The maximum atomic E-state index is 12.5. The van der Waals surface area contributed by atoms with E-state index in [1.807, 2.05) is 0 Å². The van der Waals surface area contributed by atoms with Gasteiger partial charge in [-0.1, -0.05) is 0 Å². The summed E-state index contributed by atoms with van der Waals surface area (Å²) < 4.78 is 37.4. The van der Waals surface area contributed by atoms with E-state index in [0.717, 1.165) is 0 Å². The van der Waals surface area contributed by atoms with Gasteiger partial charge in [0.05, 0.1) is 5.92 Å². The molecule has 2 amide bonds. The van der Waals surface area contributed by atoms with Crippen LogP contribution in [0.3, 0.4) is 0 Å². The zero-order valence-electron chi connectivity index (χ0n) is 11.9. The fraction of sp³-hybridized carbons (Fsp3) is 0.846. The Hall–Kier alpha value is -1.47. The molecule has 1 aliphatic carbocycles. The molecule has 2 atom stereocenters. The van der Waals surface area contributed by atoms with Gasteiger partial charge in [-0.3, -0.25) is 4.79 Å². The fourth-order valence-electron chi connectivity index (χ4n) is 3.02. The molecule has 5 nitrogen and oxygen atoms in total. The lowest BCUT2D eigenvalue weighted by atomic mass is 9.73. The number of halogens is 3. The maximum absolute atomic E-state index is 12.5. The number of piperazine rings is 1. The number of hydrogen-bond acceptors (Lipinski definition) is 2. The molecule has 21 heavy (non-hydrogen) atoms. The van der Waals surface area contributed by atoms with Crippen molar-refractivity contribution in [3.8, 4) is 0 Å². The monoisotopic (exact) mass is 308 g/mol. The zero-order valence-corrected chi connectivity index (χ0v) is 11.9. The zero-order chi connectivity index (χ0) is 15.9. The van der Waals surface area contributed by atoms with Crippen molar-refractivity contribution >= 4 is 12.0 Å². The summed E-state index contributed by atoms with van der Waals surface area (Å²) in [6.45, 7) is 3.84. The normalized spacial score (nSPS) is 33.6. The summed E-state index contributed by atoms with van der Waals surface area (Å²) in [6, 6.07) is -0.657. The Morgan fingerprint density at radius 2 is 1.52 bits per heavy atom. The number of carboxylic acid groups (broad SMARTS) is 1. The Kier molecular flexibility index (Phi) is 4.08. The molecule has 0 aromatic rings. The molecule has 8 heteroatoms. The first-order chi connectivity index (χ1) is 9.61. The van der Waals surface area contributed by atoms with Gasteiger partial charge in [0.25, 0.3) is 0 Å². The van der Waals surface area contributed by atoms with Gasteiger partial charge in [0.15, 0.2) is 0 Å². The van der Waals surface area contributed by atoms with Crippen LogP contribution in [-0.2, 0) is 4.79 Å². The van der Waals surface area contributed by atoms with Crippen molar-refractivity contribution in [3.63, 3.8) is 0 Å². The molecule has 2 aliphatic rings. The number of amides is 2. The molecule has 0 spiro atoms. The number of hydrogen-bond donors (Lipinski definition) is 1. The smallest absolute Gasteiger partial charge is 0.407 e. The molecule has 1 saturated carbocycles. The van der Waals surface area contributed by atoms with Gasteiger partial charge < -0.3 is 14.9 Å². The molecular formula is C13H19F3N2O3. The molecule has 0 aromatic carbocycles. The summed E-state index contributed by atoms with van der Waals surface area (Å²) >= 11 is 0. The molecule has 2 rings (SSSR count). The van der Waals surface area contributed by atoms with Gasteiger partial charge in [0.1, 0.15) is 0 Å². The molecule has 0 bridgehead atoms. The van der Waals surface area contributed by atoms with E-state index in [9.17, 15) is 22.8 Å². The van der Waals surface area contributed by atoms with Crippen LogP contribution < -0.4 is 0 Å². The number of rotatable bonds is 1. The minimum Gasteiger partial charge on any atom is -0.465 e. The topological polar surface area (TPSA) is 60.9 Å². The molecule has 1 heterocycles. The van der Waals surface area contributed by atoms with Crippen LogP contribution in [0.2, 0.25) is 0 Å². The van der Waals surface area contributed by atoms with Gasteiger partial charge in [-0.2, -0.15) is 13.2 Å². The largest absolute Gasteiger partial charge is 0.465 e. The fourth-order valence-corrected chi connectivity index (χ4v) is 3.02. The van der Waals surface area contributed by atoms with Crippen LogP contribution in [0.1, 0.15) is 26.7 Å². The first-order valence-electron chi connectivity index (χ1n) is 6.98. The second-order valence-electron chi connectivity index (χ2n) is 6.03. The van der Waals surface area contributed by atoms with Crippen molar-refractivity contribution in [3.05, 3.63) is 0 Å². The van der Waals surface area contributed by atoms with E-state index < -0.39 is 24.1 Å². The van der Waals surface area contributed by atoms with Gasteiger partial charge in [0.2, 0.25) is 5.91 Å². The number of carbonyl (C=O) groups is 2. The van der Waals surface area contributed by atoms with E-state index in [-0.39, 0.29) is 43.9 Å². The average molecular weight is 308 g/mol. The van der Waals surface area contributed by atoms with Gasteiger partial charge in [-0.05, 0) is 26.7 Å². The summed E-state index contributed by atoms with van der Waals surface area (Å²) in [7, 11) is 0. The van der Waals surface area contributed by atoms with Crippen LogP contribution >= 0.6 is 0 Å².